The average Bonchev–Trinajstić information content (AvgIpc) is 3.30. The van der Waals surface area contributed by atoms with E-state index in [1.807, 2.05) is 9.80 Å². The number of amides is 2. The molecule has 2 amide bonds. The Labute approximate surface area is 142 Å². The fourth-order valence-electron chi connectivity index (χ4n) is 3.64. The van der Waals surface area contributed by atoms with Crippen LogP contribution < -0.4 is 4.74 Å². The number of piperidine rings is 1. The average molecular weight is 334 g/mol. The van der Waals surface area contributed by atoms with Crippen molar-refractivity contribution >= 4 is 11.8 Å². The van der Waals surface area contributed by atoms with Gasteiger partial charge in [0.25, 0.3) is 11.9 Å². The summed E-state index contributed by atoms with van der Waals surface area (Å²) in [6.07, 6.45) is 5.78. The summed E-state index contributed by atoms with van der Waals surface area (Å²) in [6, 6.07) is 3.31. The van der Waals surface area contributed by atoms with Crippen molar-refractivity contribution in [2.75, 3.05) is 33.3 Å². The number of furan rings is 1. The largest absolute Gasteiger partial charge is 0.468 e. The molecule has 6 nitrogen and oxygen atoms in total. The predicted octanol–water partition coefficient (Wildman–Crippen LogP) is 2.54. The number of hydrogen-bond acceptors (Lipinski definition) is 4. The Balaban J connectivity index is 1.50. The van der Waals surface area contributed by atoms with E-state index in [-0.39, 0.29) is 11.8 Å². The molecule has 0 saturated carbocycles. The molecule has 1 aromatic rings. The standard InChI is InChI=1S/C18H26N2O4/c1-23-17-9-7-15(24-17)18(22)20-12-4-5-14(13-20)6-8-16(21)19-10-2-3-11-19/h7,9,14H,2-6,8,10-13H2,1H3. The zero-order chi connectivity index (χ0) is 16.9. The minimum absolute atomic E-state index is 0.0890. The molecule has 6 heteroatoms. The quantitative estimate of drug-likeness (QED) is 0.830. The lowest BCUT2D eigenvalue weighted by atomic mass is 9.93. The second-order valence-corrected chi connectivity index (χ2v) is 6.71. The van der Waals surface area contributed by atoms with Crippen molar-refractivity contribution < 1.29 is 18.7 Å². The molecule has 0 spiro atoms. The van der Waals surface area contributed by atoms with Gasteiger partial charge in [0.05, 0.1) is 7.11 Å². The number of rotatable bonds is 5. The zero-order valence-electron chi connectivity index (χ0n) is 14.3. The number of carbonyl (C=O) groups is 2. The molecule has 2 aliphatic rings. The Morgan fingerprint density at radius 1 is 1.17 bits per heavy atom. The zero-order valence-corrected chi connectivity index (χ0v) is 14.3. The van der Waals surface area contributed by atoms with E-state index in [1.54, 1.807) is 12.1 Å². The maximum Gasteiger partial charge on any atom is 0.289 e. The van der Waals surface area contributed by atoms with Gasteiger partial charge in [-0.2, -0.15) is 0 Å². The third-order valence-electron chi connectivity index (χ3n) is 5.02. The van der Waals surface area contributed by atoms with E-state index in [2.05, 4.69) is 0 Å². The highest BCUT2D eigenvalue weighted by molar-refractivity contribution is 5.91. The first-order chi connectivity index (χ1) is 11.7. The summed E-state index contributed by atoms with van der Waals surface area (Å²) in [5, 5.41) is 0. The van der Waals surface area contributed by atoms with Crippen molar-refractivity contribution in [3.63, 3.8) is 0 Å². The molecule has 1 unspecified atom stereocenters. The summed E-state index contributed by atoms with van der Waals surface area (Å²) in [7, 11) is 1.52. The van der Waals surface area contributed by atoms with Crippen molar-refractivity contribution in [1.82, 2.24) is 9.80 Å². The number of likely N-dealkylation sites (tertiary alicyclic amines) is 2. The highest BCUT2D eigenvalue weighted by Crippen LogP contribution is 2.25. The van der Waals surface area contributed by atoms with Crippen LogP contribution in [0.25, 0.3) is 0 Å². The molecule has 24 heavy (non-hydrogen) atoms. The smallest absolute Gasteiger partial charge is 0.289 e. The van der Waals surface area contributed by atoms with Gasteiger partial charge in [-0.3, -0.25) is 9.59 Å². The first-order valence-corrected chi connectivity index (χ1v) is 8.88. The summed E-state index contributed by atoms with van der Waals surface area (Å²) < 4.78 is 10.4. The first-order valence-electron chi connectivity index (χ1n) is 8.88. The lowest BCUT2D eigenvalue weighted by Crippen LogP contribution is -2.40. The van der Waals surface area contributed by atoms with Crippen LogP contribution in [0, 0.1) is 5.92 Å². The predicted molar refractivity (Wildman–Crippen MR) is 88.9 cm³/mol. The SMILES string of the molecule is COc1ccc(C(=O)N2CCCC(CCC(=O)N3CCCC3)C2)o1. The molecule has 0 radical (unpaired) electrons. The summed E-state index contributed by atoms with van der Waals surface area (Å²) in [4.78, 5) is 28.5. The molecule has 2 fully saturated rings. The molecular formula is C18H26N2O4. The van der Waals surface area contributed by atoms with Gasteiger partial charge in [0.2, 0.25) is 5.91 Å². The highest BCUT2D eigenvalue weighted by Gasteiger charge is 2.27. The van der Waals surface area contributed by atoms with Gasteiger partial charge < -0.3 is 19.0 Å². The van der Waals surface area contributed by atoms with Crippen molar-refractivity contribution in [1.29, 1.82) is 0 Å². The summed E-state index contributed by atoms with van der Waals surface area (Å²) >= 11 is 0. The van der Waals surface area contributed by atoms with Crippen LogP contribution in [0.3, 0.4) is 0 Å². The van der Waals surface area contributed by atoms with Crippen molar-refractivity contribution in [2.45, 2.75) is 38.5 Å². The van der Waals surface area contributed by atoms with Crippen LogP contribution in [-0.4, -0.2) is 54.9 Å². The van der Waals surface area contributed by atoms with E-state index in [4.69, 9.17) is 9.15 Å². The number of ether oxygens (including phenoxy) is 1. The Morgan fingerprint density at radius 3 is 2.62 bits per heavy atom. The van der Waals surface area contributed by atoms with Gasteiger partial charge in [-0.25, -0.2) is 0 Å². The highest BCUT2D eigenvalue weighted by atomic mass is 16.6. The van der Waals surface area contributed by atoms with Gasteiger partial charge >= 0.3 is 0 Å². The van der Waals surface area contributed by atoms with Crippen molar-refractivity contribution in [3.8, 4) is 5.95 Å². The topological polar surface area (TPSA) is 63.0 Å². The molecule has 2 saturated heterocycles. The Bertz CT molecular complexity index is 577. The van der Waals surface area contributed by atoms with E-state index in [1.165, 1.54) is 7.11 Å². The first kappa shape index (κ1) is 16.9. The molecule has 132 valence electrons. The molecule has 0 N–H and O–H groups in total. The molecule has 3 heterocycles. The van der Waals surface area contributed by atoms with E-state index in [0.29, 0.717) is 30.6 Å². The number of methoxy groups -OCH3 is 1. The molecule has 1 aromatic heterocycles. The van der Waals surface area contributed by atoms with Crippen LogP contribution >= 0.6 is 0 Å². The van der Waals surface area contributed by atoms with Crippen LogP contribution in [-0.2, 0) is 4.79 Å². The van der Waals surface area contributed by atoms with Crippen LogP contribution in [0.4, 0.5) is 0 Å². The van der Waals surface area contributed by atoms with Crippen LogP contribution in [0.1, 0.15) is 49.1 Å². The van der Waals surface area contributed by atoms with Crippen LogP contribution in [0.5, 0.6) is 5.95 Å². The van der Waals surface area contributed by atoms with Gasteiger partial charge in [0.15, 0.2) is 5.76 Å². The Morgan fingerprint density at radius 2 is 1.92 bits per heavy atom. The molecule has 3 rings (SSSR count). The minimum atomic E-state index is -0.0890. The lowest BCUT2D eigenvalue weighted by molar-refractivity contribution is -0.130. The second kappa shape index (κ2) is 7.73. The monoisotopic (exact) mass is 334 g/mol. The fraction of sp³-hybridized carbons (Fsp3) is 0.667. The second-order valence-electron chi connectivity index (χ2n) is 6.71. The van der Waals surface area contributed by atoms with Crippen LogP contribution in [0.15, 0.2) is 16.5 Å². The molecular weight excluding hydrogens is 308 g/mol. The van der Waals surface area contributed by atoms with Gasteiger partial charge in [-0.05, 0) is 44.1 Å². The minimum Gasteiger partial charge on any atom is -0.468 e. The molecule has 0 aliphatic carbocycles. The maximum absolute atomic E-state index is 12.5. The van der Waals surface area contributed by atoms with Gasteiger partial charge in [-0.15, -0.1) is 0 Å². The summed E-state index contributed by atoms with van der Waals surface area (Å²) in [5.41, 5.74) is 0. The number of nitrogens with zero attached hydrogens (tertiary/aromatic N) is 2. The van der Waals surface area contributed by atoms with Crippen molar-refractivity contribution in [2.24, 2.45) is 5.92 Å². The lowest BCUT2D eigenvalue weighted by Gasteiger charge is -2.32. The van der Waals surface area contributed by atoms with Crippen LogP contribution in [0.2, 0.25) is 0 Å². The normalized spacial score (nSPS) is 21.1. The third-order valence-corrected chi connectivity index (χ3v) is 5.02. The van der Waals surface area contributed by atoms with E-state index in [0.717, 1.165) is 51.7 Å². The van der Waals surface area contributed by atoms with E-state index in [9.17, 15) is 9.59 Å². The van der Waals surface area contributed by atoms with Gasteiger partial charge in [0, 0.05) is 38.7 Å². The Kier molecular flexibility index (Phi) is 5.43. The van der Waals surface area contributed by atoms with Gasteiger partial charge in [0.1, 0.15) is 0 Å². The molecule has 2 aliphatic heterocycles. The number of hydrogen-bond donors (Lipinski definition) is 0. The molecule has 1 atom stereocenters. The van der Waals surface area contributed by atoms with E-state index >= 15 is 0 Å². The van der Waals surface area contributed by atoms with E-state index < -0.39 is 0 Å². The van der Waals surface area contributed by atoms with Gasteiger partial charge in [-0.1, -0.05) is 0 Å². The summed E-state index contributed by atoms with van der Waals surface area (Å²) in [5.74, 6) is 1.25. The van der Waals surface area contributed by atoms with Crippen molar-refractivity contribution in [3.05, 3.63) is 17.9 Å². The Hall–Kier alpha value is -1.98. The molecule has 0 bridgehead atoms. The third kappa shape index (κ3) is 3.91. The maximum atomic E-state index is 12.5. The summed E-state index contributed by atoms with van der Waals surface area (Å²) in [6.45, 7) is 3.27. The molecule has 0 aromatic carbocycles. The fourth-order valence-corrected chi connectivity index (χ4v) is 3.64. The number of carbonyl (C=O) groups excluding carboxylic acids is 2.